The van der Waals surface area contributed by atoms with Crippen LogP contribution in [-0.2, 0) is 6.42 Å². The lowest BCUT2D eigenvalue weighted by atomic mass is 9.76. The molecule has 0 spiro atoms. The first-order chi connectivity index (χ1) is 8.89. The number of hydrogen-bond donors (Lipinski definition) is 1. The highest BCUT2D eigenvalue weighted by atomic mass is 32.1. The van der Waals surface area contributed by atoms with Crippen molar-refractivity contribution in [3.8, 4) is 0 Å². The lowest BCUT2D eigenvalue weighted by molar-refractivity contribution is 0.210. The molecule has 1 aliphatic rings. The fourth-order valence-electron chi connectivity index (χ4n) is 3.37. The molecule has 2 N–H and O–H groups in total. The molecule has 1 fully saturated rings. The predicted molar refractivity (Wildman–Crippen MR) is 85.6 cm³/mol. The molecular formula is C17H29NS. The Labute approximate surface area is 122 Å². The molecule has 1 saturated carbocycles. The van der Waals surface area contributed by atoms with Gasteiger partial charge in [-0.05, 0) is 61.3 Å². The second kappa shape index (κ2) is 5.97. The van der Waals surface area contributed by atoms with Crippen LogP contribution in [0.5, 0.6) is 0 Å². The summed E-state index contributed by atoms with van der Waals surface area (Å²) in [5.74, 6) is 0.847. The summed E-state index contributed by atoms with van der Waals surface area (Å²) in [6.45, 7) is 7.15. The van der Waals surface area contributed by atoms with E-state index in [0.717, 1.165) is 18.8 Å². The summed E-state index contributed by atoms with van der Waals surface area (Å²) in [4.78, 5) is 1.49. The van der Waals surface area contributed by atoms with Crippen LogP contribution in [0.15, 0.2) is 17.5 Å². The average Bonchev–Trinajstić information content (AvgIpc) is 2.75. The fraction of sp³-hybridized carbons (Fsp3) is 0.765. The molecule has 2 rings (SSSR count). The second-order valence-electron chi connectivity index (χ2n) is 7.44. The van der Waals surface area contributed by atoms with Crippen molar-refractivity contribution >= 4 is 11.3 Å². The molecule has 0 bridgehead atoms. The Hall–Kier alpha value is -0.340. The summed E-state index contributed by atoms with van der Waals surface area (Å²) in [6.07, 6.45) is 8.72. The highest BCUT2D eigenvalue weighted by molar-refractivity contribution is 7.09. The van der Waals surface area contributed by atoms with E-state index in [0.29, 0.717) is 5.41 Å². The van der Waals surface area contributed by atoms with E-state index in [9.17, 15) is 0 Å². The Morgan fingerprint density at radius 1 is 1.32 bits per heavy atom. The summed E-state index contributed by atoms with van der Waals surface area (Å²) < 4.78 is 0. The largest absolute Gasteiger partial charge is 0.325 e. The Balaban J connectivity index is 1.89. The van der Waals surface area contributed by atoms with Gasteiger partial charge in [0, 0.05) is 10.4 Å². The zero-order valence-electron chi connectivity index (χ0n) is 12.7. The van der Waals surface area contributed by atoms with Crippen LogP contribution in [0.25, 0.3) is 0 Å². The van der Waals surface area contributed by atoms with E-state index in [1.54, 1.807) is 0 Å². The zero-order chi connectivity index (χ0) is 13.9. The molecule has 1 nitrogen and oxygen atoms in total. The molecule has 0 saturated heterocycles. The van der Waals surface area contributed by atoms with Crippen molar-refractivity contribution in [2.75, 3.05) is 0 Å². The molecule has 1 aromatic rings. The molecular weight excluding hydrogens is 250 g/mol. The van der Waals surface area contributed by atoms with Crippen molar-refractivity contribution in [3.63, 3.8) is 0 Å². The lowest BCUT2D eigenvalue weighted by Gasteiger charge is -2.31. The van der Waals surface area contributed by atoms with E-state index < -0.39 is 0 Å². The molecule has 2 heteroatoms. The molecule has 0 amide bonds. The van der Waals surface area contributed by atoms with Crippen LogP contribution in [0.3, 0.4) is 0 Å². The first-order valence-electron chi connectivity index (χ1n) is 7.70. The smallest absolute Gasteiger partial charge is 0.0157 e. The summed E-state index contributed by atoms with van der Waals surface area (Å²) >= 11 is 1.86. The number of thiophene rings is 1. The Bertz CT molecular complexity index is 376. The predicted octanol–water partition coefficient (Wildman–Crippen LogP) is 5.00. The summed E-state index contributed by atoms with van der Waals surface area (Å²) in [7, 11) is 0. The Morgan fingerprint density at radius 2 is 2.11 bits per heavy atom. The normalized spacial score (nSPS) is 29.2. The van der Waals surface area contributed by atoms with Crippen LogP contribution in [0.1, 0.15) is 64.2 Å². The van der Waals surface area contributed by atoms with E-state index in [1.807, 2.05) is 11.3 Å². The van der Waals surface area contributed by atoms with Gasteiger partial charge in [0.2, 0.25) is 0 Å². The zero-order valence-corrected chi connectivity index (χ0v) is 13.6. The maximum absolute atomic E-state index is 6.69. The summed E-state index contributed by atoms with van der Waals surface area (Å²) in [6, 6.07) is 4.38. The van der Waals surface area contributed by atoms with Gasteiger partial charge in [-0.25, -0.2) is 0 Å². The van der Waals surface area contributed by atoms with Gasteiger partial charge in [0.15, 0.2) is 0 Å². The molecule has 108 valence electrons. The van der Waals surface area contributed by atoms with E-state index in [-0.39, 0.29) is 5.54 Å². The van der Waals surface area contributed by atoms with Crippen LogP contribution in [0.2, 0.25) is 0 Å². The summed E-state index contributed by atoms with van der Waals surface area (Å²) in [5.41, 5.74) is 7.22. The van der Waals surface area contributed by atoms with E-state index in [1.165, 1.54) is 37.0 Å². The van der Waals surface area contributed by atoms with Crippen molar-refractivity contribution in [2.24, 2.45) is 17.1 Å². The molecule has 0 radical (unpaired) electrons. The molecule has 2 atom stereocenters. The Kier molecular flexibility index (Phi) is 4.73. The van der Waals surface area contributed by atoms with Crippen LogP contribution >= 0.6 is 11.3 Å². The molecule has 2 unspecified atom stereocenters. The minimum Gasteiger partial charge on any atom is -0.325 e. The van der Waals surface area contributed by atoms with Gasteiger partial charge in [0.25, 0.3) is 0 Å². The third kappa shape index (κ3) is 4.32. The van der Waals surface area contributed by atoms with Gasteiger partial charge in [0.1, 0.15) is 0 Å². The lowest BCUT2D eigenvalue weighted by Crippen LogP contribution is -2.39. The minimum absolute atomic E-state index is 0.0873. The highest BCUT2D eigenvalue weighted by Gasteiger charge is 2.33. The number of hydrogen-bond acceptors (Lipinski definition) is 2. The quantitative estimate of drug-likeness (QED) is 0.774. The van der Waals surface area contributed by atoms with Crippen molar-refractivity contribution in [2.45, 2.75) is 71.3 Å². The highest BCUT2D eigenvalue weighted by Crippen LogP contribution is 2.40. The topological polar surface area (TPSA) is 26.0 Å². The minimum atomic E-state index is 0.0873. The monoisotopic (exact) mass is 279 g/mol. The van der Waals surface area contributed by atoms with E-state index >= 15 is 0 Å². The number of rotatable bonds is 3. The van der Waals surface area contributed by atoms with Gasteiger partial charge in [-0.1, -0.05) is 33.3 Å². The number of aryl methyl sites for hydroxylation is 1. The first kappa shape index (κ1) is 15.1. The van der Waals surface area contributed by atoms with Crippen LogP contribution < -0.4 is 5.73 Å². The third-order valence-corrected chi connectivity index (χ3v) is 5.83. The van der Waals surface area contributed by atoms with Gasteiger partial charge >= 0.3 is 0 Å². The molecule has 0 aromatic carbocycles. The maximum Gasteiger partial charge on any atom is 0.0157 e. The van der Waals surface area contributed by atoms with Gasteiger partial charge in [-0.3, -0.25) is 0 Å². The molecule has 1 aromatic heterocycles. The number of nitrogens with two attached hydrogens (primary N) is 1. The van der Waals surface area contributed by atoms with Gasteiger partial charge in [0.05, 0.1) is 0 Å². The molecule has 1 heterocycles. The van der Waals surface area contributed by atoms with Crippen LogP contribution in [0.4, 0.5) is 0 Å². The SMILES string of the molecule is CC(C)(C)C1CCCC(N)(CCc2cccs2)CC1. The molecule has 19 heavy (non-hydrogen) atoms. The van der Waals surface area contributed by atoms with Crippen molar-refractivity contribution in [3.05, 3.63) is 22.4 Å². The first-order valence-corrected chi connectivity index (χ1v) is 8.58. The van der Waals surface area contributed by atoms with E-state index in [2.05, 4.69) is 38.3 Å². The van der Waals surface area contributed by atoms with Crippen molar-refractivity contribution in [1.29, 1.82) is 0 Å². The maximum atomic E-state index is 6.69. The van der Waals surface area contributed by atoms with Gasteiger partial charge in [-0.2, -0.15) is 0 Å². The average molecular weight is 279 g/mol. The molecule has 0 aliphatic heterocycles. The third-order valence-electron chi connectivity index (χ3n) is 4.89. The van der Waals surface area contributed by atoms with E-state index in [4.69, 9.17) is 5.73 Å². The van der Waals surface area contributed by atoms with Crippen LogP contribution in [0, 0.1) is 11.3 Å². The van der Waals surface area contributed by atoms with Gasteiger partial charge < -0.3 is 5.73 Å². The van der Waals surface area contributed by atoms with Crippen LogP contribution in [-0.4, -0.2) is 5.54 Å². The second-order valence-corrected chi connectivity index (χ2v) is 8.47. The van der Waals surface area contributed by atoms with Gasteiger partial charge in [-0.15, -0.1) is 11.3 Å². The van der Waals surface area contributed by atoms with Crippen molar-refractivity contribution in [1.82, 2.24) is 0 Å². The van der Waals surface area contributed by atoms with Crippen molar-refractivity contribution < 1.29 is 0 Å². The summed E-state index contributed by atoms with van der Waals surface area (Å²) in [5, 5.41) is 2.17. The fourth-order valence-corrected chi connectivity index (χ4v) is 4.08. The standard InChI is InChI=1S/C17H29NS/c1-16(2,3)14-6-4-10-17(18,11-8-14)12-9-15-7-5-13-19-15/h5,7,13-14H,4,6,8-12,18H2,1-3H3. The molecule has 1 aliphatic carbocycles. The Morgan fingerprint density at radius 3 is 2.74 bits per heavy atom.